The molecule has 0 unspecified atom stereocenters. The summed E-state index contributed by atoms with van der Waals surface area (Å²) in [5, 5.41) is 3.18. The van der Waals surface area contributed by atoms with E-state index >= 15 is 0 Å². The van der Waals surface area contributed by atoms with Crippen molar-refractivity contribution in [1.82, 2.24) is 14.9 Å². The van der Waals surface area contributed by atoms with Crippen molar-refractivity contribution in [1.29, 1.82) is 0 Å². The zero-order valence-electron chi connectivity index (χ0n) is 13.7. The van der Waals surface area contributed by atoms with E-state index in [1.165, 1.54) is 12.1 Å². The minimum atomic E-state index is -0.804. The lowest BCUT2D eigenvalue weighted by Gasteiger charge is -2.34. The van der Waals surface area contributed by atoms with Gasteiger partial charge in [-0.3, -0.25) is 4.90 Å². The summed E-state index contributed by atoms with van der Waals surface area (Å²) >= 11 is 0. The number of aromatic nitrogens is 2. The second-order valence-corrected chi connectivity index (χ2v) is 5.78. The SMILES string of the molecule is CCNc1ccnc(N2CCN(Cc3ccc(F)c(F)c3)CC2)n1. The van der Waals surface area contributed by atoms with E-state index < -0.39 is 11.6 Å². The number of halogens is 2. The van der Waals surface area contributed by atoms with Gasteiger partial charge >= 0.3 is 0 Å². The van der Waals surface area contributed by atoms with Gasteiger partial charge in [0.15, 0.2) is 11.6 Å². The molecule has 1 aliphatic heterocycles. The zero-order chi connectivity index (χ0) is 16.9. The summed E-state index contributed by atoms with van der Waals surface area (Å²) in [6.45, 7) is 6.72. The first-order valence-corrected chi connectivity index (χ1v) is 8.14. The van der Waals surface area contributed by atoms with Crippen LogP contribution in [0, 0.1) is 11.6 Å². The molecule has 128 valence electrons. The van der Waals surface area contributed by atoms with Crippen LogP contribution in [0.15, 0.2) is 30.5 Å². The molecule has 0 radical (unpaired) electrons. The Morgan fingerprint density at radius 1 is 1.08 bits per heavy atom. The molecular weight excluding hydrogens is 312 g/mol. The summed E-state index contributed by atoms with van der Waals surface area (Å²) in [4.78, 5) is 13.2. The van der Waals surface area contributed by atoms with Crippen molar-refractivity contribution in [2.75, 3.05) is 42.9 Å². The van der Waals surface area contributed by atoms with Crippen LogP contribution in [0.25, 0.3) is 0 Å². The molecule has 1 N–H and O–H groups in total. The van der Waals surface area contributed by atoms with Gasteiger partial charge in [0.2, 0.25) is 5.95 Å². The molecule has 7 heteroatoms. The first-order chi connectivity index (χ1) is 11.7. The molecule has 0 atom stereocenters. The standard InChI is InChI=1S/C17H21F2N5/c1-2-20-16-5-6-21-17(22-16)24-9-7-23(8-10-24)12-13-3-4-14(18)15(19)11-13/h3-6,11H,2,7-10,12H2,1H3,(H,20,21,22). The quantitative estimate of drug-likeness (QED) is 0.911. The molecule has 1 aromatic carbocycles. The lowest BCUT2D eigenvalue weighted by Crippen LogP contribution is -2.46. The van der Waals surface area contributed by atoms with Crippen LogP contribution in [0.4, 0.5) is 20.5 Å². The molecule has 0 saturated carbocycles. The van der Waals surface area contributed by atoms with E-state index in [1.807, 2.05) is 13.0 Å². The summed E-state index contributed by atoms with van der Waals surface area (Å²) in [7, 11) is 0. The van der Waals surface area contributed by atoms with Gasteiger partial charge in [0.1, 0.15) is 5.82 Å². The van der Waals surface area contributed by atoms with Crippen molar-refractivity contribution < 1.29 is 8.78 Å². The van der Waals surface area contributed by atoms with Crippen molar-refractivity contribution in [2.45, 2.75) is 13.5 Å². The summed E-state index contributed by atoms with van der Waals surface area (Å²) < 4.78 is 26.3. The number of anilines is 2. The average molecular weight is 333 g/mol. The van der Waals surface area contributed by atoms with Crippen molar-refractivity contribution in [3.8, 4) is 0 Å². The minimum Gasteiger partial charge on any atom is -0.370 e. The molecule has 1 aromatic heterocycles. The first kappa shape index (κ1) is 16.6. The van der Waals surface area contributed by atoms with E-state index in [0.717, 1.165) is 50.1 Å². The lowest BCUT2D eigenvalue weighted by atomic mass is 10.2. The maximum atomic E-state index is 13.3. The van der Waals surface area contributed by atoms with E-state index in [2.05, 4.69) is 25.1 Å². The predicted molar refractivity (Wildman–Crippen MR) is 90.0 cm³/mol. The molecule has 1 saturated heterocycles. The van der Waals surface area contributed by atoms with E-state index in [-0.39, 0.29) is 0 Å². The van der Waals surface area contributed by atoms with Gasteiger partial charge in [-0.2, -0.15) is 4.98 Å². The van der Waals surface area contributed by atoms with Gasteiger partial charge in [0, 0.05) is 45.5 Å². The fourth-order valence-corrected chi connectivity index (χ4v) is 2.78. The van der Waals surface area contributed by atoms with Crippen LogP contribution in [0.5, 0.6) is 0 Å². The van der Waals surface area contributed by atoms with Crippen LogP contribution in [-0.4, -0.2) is 47.6 Å². The Kier molecular flexibility index (Phi) is 5.20. The van der Waals surface area contributed by atoms with Gasteiger partial charge < -0.3 is 10.2 Å². The van der Waals surface area contributed by atoms with Crippen LogP contribution in [-0.2, 0) is 6.54 Å². The fraction of sp³-hybridized carbons (Fsp3) is 0.412. The van der Waals surface area contributed by atoms with Crippen LogP contribution >= 0.6 is 0 Å². The maximum Gasteiger partial charge on any atom is 0.227 e. The summed E-state index contributed by atoms with van der Waals surface area (Å²) in [6.07, 6.45) is 1.76. The van der Waals surface area contributed by atoms with Gasteiger partial charge in [0.25, 0.3) is 0 Å². The van der Waals surface area contributed by atoms with Gasteiger partial charge in [0.05, 0.1) is 0 Å². The molecular formula is C17H21F2N5. The van der Waals surface area contributed by atoms with E-state index in [9.17, 15) is 8.78 Å². The number of nitrogens with zero attached hydrogens (tertiary/aromatic N) is 4. The molecule has 0 aliphatic carbocycles. The highest BCUT2D eigenvalue weighted by Gasteiger charge is 2.19. The summed E-state index contributed by atoms with van der Waals surface area (Å²) in [6, 6.07) is 5.94. The van der Waals surface area contributed by atoms with E-state index in [4.69, 9.17) is 0 Å². The molecule has 3 rings (SSSR count). The maximum absolute atomic E-state index is 13.3. The third kappa shape index (κ3) is 3.97. The Labute approximate surface area is 140 Å². The smallest absolute Gasteiger partial charge is 0.227 e. The molecule has 2 heterocycles. The van der Waals surface area contributed by atoms with Crippen molar-refractivity contribution >= 4 is 11.8 Å². The van der Waals surface area contributed by atoms with Crippen LogP contribution in [0.1, 0.15) is 12.5 Å². The third-order valence-corrected chi connectivity index (χ3v) is 4.05. The molecule has 1 aliphatic rings. The number of hydrogen-bond acceptors (Lipinski definition) is 5. The second kappa shape index (κ2) is 7.53. The Morgan fingerprint density at radius 2 is 1.88 bits per heavy atom. The first-order valence-electron chi connectivity index (χ1n) is 8.14. The van der Waals surface area contributed by atoms with Crippen LogP contribution < -0.4 is 10.2 Å². The number of hydrogen-bond donors (Lipinski definition) is 1. The van der Waals surface area contributed by atoms with Gasteiger partial charge in [-0.05, 0) is 30.7 Å². The molecule has 5 nitrogen and oxygen atoms in total. The Balaban J connectivity index is 1.57. The molecule has 1 fully saturated rings. The van der Waals surface area contributed by atoms with E-state index in [1.54, 1.807) is 12.3 Å². The monoisotopic (exact) mass is 333 g/mol. The molecule has 0 spiro atoms. The highest BCUT2D eigenvalue weighted by atomic mass is 19.2. The topological polar surface area (TPSA) is 44.3 Å². The highest BCUT2D eigenvalue weighted by molar-refractivity contribution is 5.41. The largest absolute Gasteiger partial charge is 0.370 e. The number of piperazine rings is 1. The van der Waals surface area contributed by atoms with Crippen molar-refractivity contribution in [2.24, 2.45) is 0 Å². The molecule has 24 heavy (non-hydrogen) atoms. The predicted octanol–water partition coefficient (Wildman–Crippen LogP) is 2.51. The Morgan fingerprint density at radius 3 is 2.58 bits per heavy atom. The van der Waals surface area contributed by atoms with Crippen molar-refractivity contribution in [3.05, 3.63) is 47.7 Å². The van der Waals surface area contributed by atoms with Crippen molar-refractivity contribution in [3.63, 3.8) is 0 Å². The van der Waals surface area contributed by atoms with E-state index in [0.29, 0.717) is 6.54 Å². The molecule has 2 aromatic rings. The molecule has 0 bridgehead atoms. The van der Waals surface area contributed by atoms with Gasteiger partial charge in [-0.25, -0.2) is 13.8 Å². The minimum absolute atomic E-state index is 0.614. The van der Waals surface area contributed by atoms with Gasteiger partial charge in [-0.15, -0.1) is 0 Å². The Hall–Kier alpha value is -2.28. The normalized spacial score (nSPS) is 15.5. The van der Waals surface area contributed by atoms with Gasteiger partial charge in [-0.1, -0.05) is 6.07 Å². The molecule has 0 amide bonds. The second-order valence-electron chi connectivity index (χ2n) is 5.78. The third-order valence-electron chi connectivity index (χ3n) is 4.05. The zero-order valence-corrected chi connectivity index (χ0v) is 13.7. The lowest BCUT2D eigenvalue weighted by molar-refractivity contribution is 0.248. The summed E-state index contributed by atoms with van der Waals surface area (Å²) in [5.41, 5.74) is 0.785. The van der Waals surface area contributed by atoms with Crippen LogP contribution in [0.3, 0.4) is 0 Å². The number of rotatable bonds is 5. The average Bonchev–Trinajstić information content (AvgIpc) is 2.59. The Bertz CT molecular complexity index is 686. The summed E-state index contributed by atoms with van der Waals surface area (Å²) in [5.74, 6) is -0.0475. The number of nitrogens with one attached hydrogen (secondary N) is 1. The highest BCUT2D eigenvalue weighted by Crippen LogP contribution is 2.16. The van der Waals surface area contributed by atoms with Crippen LogP contribution in [0.2, 0.25) is 0 Å². The fourth-order valence-electron chi connectivity index (χ4n) is 2.78. The number of benzene rings is 1.